The molecule has 1 heterocycles. The number of piperazine rings is 1. The predicted octanol–water partition coefficient (Wildman–Crippen LogP) is 4.56. The number of amides is 1. The average Bonchev–Trinajstić information content (AvgIpc) is 2.99. The summed E-state index contributed by atoms with van der Waals surface area (Å²) in [4.78, 5) is 36.2. The molecule has 0 spiro atoms. The van der Waals surface area contributed by atoms with E-state index in [1.165, 1.54) is 29.8 Å². The molecule has 1 saturated heterocycles. The van der Waals surface area contributed by atoms with Crippen molar-refractivity contribution in [1.29, 1.82) is 0 Å². The monoisotopic (exact) mass is 580 g/mol. The van der Waals surface area contributed by atoms with Gasteiger partial charge in [0.05, 0.1) is 0 Å². The minimum absolute atomic E-state index is 0.0711. The van der Waals surface area contributed by atoms with Crippen molar-refractivity contribution in [1.82, 2.24) is 9.80 Å². The minimum atomic E-state index is -1.26. The van der Waals surface area contributed by atoms with Gasteiger partial charge in [-0.1, -0.05) is 54.6 Å². The highest BCUT2D eigenvalue weighted by Crippen LogP contribution is 2.26. The molecule has 1 fully saturated rings. The Kier molecular flexibility index (Phi) is 12.8. The third-order valence-electron chi connectivity index (χ3n) is 6.60. The van der Waals surface area contributed by atoms with Crippen LogP contribution in [0.3, 0.4) is 0 Å². The molecule has 3 aromatic rings. The summed E-state index contributed by atoms with van der Waals surface area (Å²) in [6.45, 7) is 3.97. The van der Waals surface area contributed by atoms with Crippen LogP contribution in [0.1, 0.15) is 29.2 Å². The molecular formula is C32H34F2N2O6. The van der Waals surface area contributed by atoms with E-state index in [0.717, 1.165) is 32.5 Å². The van der Waals surface area contributed by atoms with Gasteiger partial charge in [0.25, 0.3) is 0 Å². The maximum Gasteiger partial charge on any atom is 0.328 e. The van der Waals surface area contributed by atoms with Gasteiger partial charge < -0.3 is 19.8 Å². The fourth-order valence-corrected chi connectivity index (χ4v) is 4.42. The first-order chi connectivity index (χ1) is 20.2. The zero-order chi connectivity index (χ0) is 30.3. The number of aliphatic carboxylic acids is 2. The highest BCUT2D eigenvalue weighted by Gasteiger charge is 2.23. The van der Waals surface area contributed by atoms with Gasteiger partial charge in [0.15, 0.2) is 0 Å². The Bertz CT molecular complexity index is 1250. The summed E-state index contributed by atoms with van der Waals surface area (Å²) in [7, 11) is 0. The topological polar surface area (TPSA) is 107 Å². The number of halogens is 2. The molecule has 0 atom stereocenters. The van der Waals surface area contributed by atoms with E-state index in [1.54, 1.807) is 24.3 Å². The average molecular weight is 581 g/mol. The van der Waals surface area contributed by atoms with Crippen molar-refractivity contribution in [2.75, 3.05) is 39.3 Å². The summed E-state index contributed by atoms with van der Waals surface area (Å²) in [5.41, 5.74) is 2.78. The lowest BCUT2D eigenvalue weighted by Gasteiger charge is -2.35. The number of carboxylic acid groups (broad SMARTS) is 2. The Hall–Kier alpha value is -4.41. The molecule has 10 heteroatoms. The normalized spacial score (nSPS) is 13.5. The summed E-state index contributed by atoms with van der Waals surface area (Å²) >= 11 is 0. The standard InChI is InChI=1S/C28H30F2N2O2.C4H4O4/c29-25-12-8-23(9-13-25)28(24-10-14-26(30)15-11-24)34-21-27(33)32-19-17-31(18-20-32)16-4-7-22-5-2-1-3-6-22;5-3(6)1-2-4(7)8/h1-3,5-6,8-15,28H,4,7,16-21H2;1-2H,(H,5,6)(H,7,8)/b;2-1-. The fourth-order valence-electron chi connectivity index (χ4n) is 4.42. The number of carbonyl (C=O) groups is 3. The van der Waals surface area contributed by atoms with Crippen LogP contribution in [0.4, 0.5) is 8.78 Å². The molecule has 1 amide bonds. The molecule has 0 aliphatic carbocycles. The molecule has 0 aromatic heterocycles. The van der Waals surface area contributed by atoms with Crippen molar-refractivity contribution in [3.63, 3.8) is 0 Å². The highest BCUT2D eigenvalue weighted by atomic mass is 19.1. The number of carboxylic acids is 2. The number of rotatable bonds is 11. The largest absolute Gasteiger partial charge is 0.478 e. The summed E-state index contributed by atoms with van der Waals surface area (Å²) < 4.78 is 32.8. The Morgan fingerprint density at radius 2 is 1.26 bits per heavy atom. The number of benzene rings is 3. The maximum atomic E-state index is 13.4. The Balaban J connectivity index is 0.000000531. The lowest BCUT2D eigenvalue weighted by atomic mass is 10.0. The molecule has 0 radical (unpaired) electrons. The predicted molar refractivity (Wildman–Crippen MR) is 153 cm³/mol. The molecule has 3 aromatic carbocycles. The zero-order valence-electron chi connectivity index (χ0n) is 23.1. The molecular weight excluding hydrogens is 546 g/mol. The van der Waals surface area contributed by atoms with Crippen molar-refractivity contribution in [3.05, 3.63) is 119 Å². The number of carbonyl (C=O) groups excluding carboxylic acids is 1. The Labute approximate surface area is 243 Å². The SMILES string of the molecule is O=C(COC(c1ccc(F)cc1)c1ccc(F)cc1)N1CCN(CCCc2ccccc2)CC1.O=C(O)/C=C\C(=O)O. The van der Waals surface area contributed by atoms with Crippen molar-refractivity contribution in [2.24, 2.45) is 0 Å². The van der Waals surface area contributed by atoms with Crippen LogP contribution in [-0.2, 0) is 25.5 Å². The smallest absolute Gasteiger partial charge is 0.328 e. The second-order valence-electron chi connectivity index (χ2n) is 9.62. The van der Waals surface area contributed by atoms with E-state index in [-0.39, 0.29) is 24.1 Å². The zero-order valence-corrected chi connectivity index (χ0v) is 23.1. The van der Waals surface area contributed by atoms with Crippen molar-refractivity contribution in [2.45, 2.75) is 18.9 Å². The van der Waals surface area contributed by atoms with Crippen LogP contribution in [0, 0.1) is 11.6 Å². The number of hydrogen-bond acceptors (Lipinski definition) is 5. The second-order valence-corrected chi connectivity index (χ2v) is 9.62. The van der Waals surface area contributed by atoms with Gasteiger partial charge in [0, 0.05) is 38.3 Å². The van der Waals surface area contributed by atoms with E-state index in [9.17, 15) is 23.2 Å². The van der Waals surface area contributed by atoms with E-state index < -0.39 is 18.0 Å². The van der Waals surface area contributed by atoms with Crippen molar-refractivity contribution >= 4 is 17.8 Å². The van der Waals surface area contributed by atoms with E-state index >= 15 is 0 Å². The van der Waals surface area contributed by atoms with Crippen molar-refractivity contribution < 1.29 is 38.1 Å². The lowest BCUT2D eigenvalue weighted by Crippen LogP contribution is -2.49. The van der Waals surface area contributed by atoms with Gasteiger partial charge >= 0.3 is 11.9 Å². The van der Waals surface area contributed by atoms with E-state index in [4.69, 9.17) is 14.9 Å². The van der Waals surface area contributed by atoms with Crippen LogP contribution in [-0.4, -0.2) is 77.2 Å². The first-order valence-electron chi connectivity index (χ1n) is 13.5. The summed E-state index contributed by atoms with van der Waals surface area (Å²) in [6.07, 6.45) is 2.69. The van der Waals surface area contributed by atoms with Crippen LogP contribution in [0.2, 0.25) is 0 Å². The van der Waals surface area contributed by atoms with Crippen molar-refractivity contribution in [3.8, 4) is 0 Å². The second kappa shape index (κ2) is 16.8. The molecule has 4 rings (SSSR count). The molecule has 0 saturated carbocycles. The first-order valence-corrected chi connectivity index (χ1v) is 13.5. The molecule has 0 bridgehead atoms. The number of aryl methyl sites for hydroxylation is 1. The van der Waals surface area contributed by atoms with Crippen LogP contribution in [0.5, 0.6) is 0 Å². The van der Waals surface area contributed by atoms with Crippen LogP contribution in [0.25, 0.3) is 0 Å². The van der Waals surface area contributed by atoms with Gasteiger partial charge in [0.1, 0.15) is 24.3 Å². The van der Waals surface area contributed by atoms with Crippen LogP contribution >= 0.6 is 0 Å². The maximum absolute atomic E-state index is 13.4. The fraction of sp³-hybridized carbons (Fsp3) is 0.281. The van der Waals surface area contributed by atoms with Gasteiger partial charge in [-0.25, -0.2) is 18.4 Å². The molecule has 42 heavy (non-hydrogen) atoms. The van der Waals surface area contributed by atoms with E-state index in [0.29, 0.717) is 36.4 Å². The summed E-state index contributed by atoms with van der Waals surface area (Å²) in [5, 5.41) is 15.6. The summed E-state index contributed by atoms with van der Waals surface area (Å²) in [5.74, 6) is -3.28. The Morgan fingerprint density at radius 1 is 0.762 bits per heavy atom. The van der Waals surface area contributed by atoms with Crippen LogP contribution < -0.4 is 0 Å². The van der Waals surface area contributed by atoms with Gasteiger partial charge in [-0.15, -0.1) is 0 Å². The first kappa shape index (κ1) is 32.1. The molecule has 1 aliphatic heterocycles. The third-order valence-corrected chi connectivity index (χ3v) is 6.60. The highest BCUT2D eigenvalue weighted by molar-refractivity contribution is 5.89. The van der Waals surface area contributed by atoms with Gasteiger partial charge in [-0.05, 0) is 60.3 Å². The quantitative estimate of drug-likeness (QED) is 0.320. The molecule has 1 aliphatic rings. The van der Waals surface area contributed by atoms with E-state index in [2.05, 4.69) is 29.2 Å². The Morgan fingerprint density at radius 3 is 1.74 bits per heavy atom. The van der Waals surface area contributed by atoms with Gasteiger partial charge in [-0.3, -0.25) is 9.69 Å². The minimum Gasteiger partial charge on any atom is -0.478 e. The van der Waals surface area contributed by atoms with Crippen LogP contribution in [0.15, 0.2) is 91.0 Å². The number of nitrogens with zero attached hydrogens (tertiary/aromatic N) is 2. The lowest BCUT2D eigenvalue weighted by molar-refractivity contribution is -0.139. The van der Waals surface area contributed by atoms with Gasteiger partial charge in [0.2, 0.25) is 5.91 Å². The molecule has 8 nitrogen and oxygen atoms in total. The third kappa shape index (κ3) is 11.2. The molecule has 0 unspecified atom stereocenters. The van der Waals surface area contributed by atoms with Gasteiger partial charge in [-0.2, -0.15) is 0 Å². The molecule has 222 valence electrons. The molecule has 2 N–H and O–H groups in total. The van der Waals surface area contributed by atoms with E-state index in [1.807, 2.05) is 11.0 Å². The summed E-state index contributed by atoms with van der Waals surface area (Å²) in [6, 6.07) is 22.4. The number of hydrogen-bond donors (Lipinski definition) is 2. The number of ether oxygens (including phenoxy) is 1.